The van der Waals surface area contributed by atoms with Gasteiger partial charge >= 0.3 is 0 Å². The molecule has 0 atom stereocenters. The third kappa shape index (κ3) is 11.0. The van der Waals surface area contributed by atoms with E-state index in [4.69, 9.17) is 0 Å². The minimum absolute atomic E-state index is 0.847. The van der Waals surface area contributed by atoms with Crippen LogP contribution in [0, 0.1) is 0 Å². The number of para-hydroxylation sites is 2. The van der Waals surface area contributed by atoms with Crippen molar-refractivity contribution >= 4 is 68.8 Å². The minimum Gasteiger partial charge on any atom is -0.378 e. The van der Waals surface area contributed by atoms with Gasteiger partial charge in [0.1, 0.15) is 0 Å². The van der Waals surface area contributed by atoms with Crippen LogP contribution < -0.4 is 29.4 Å². The normalized spacial score (nSPS) is 10.8. The van der Waals surface area contributed by atoms with Crippen LogP contribution in [-0.4, -0.2) is 69.5 Å². The molecule has 0 fully saturated rings. The molecule has 6 nitrogen and oxygen atoms in total. The molecule has 7 aromatic carbocycles. The van der Waals surface area contributed by atoms with Crippen molar-refractivity contribution in [2.75, 3.05) is 98.9 Å². The number of hydrogen-bond donors (Lipinski definition) is 0. The molecule has 0 bridgehead atoms. The molecule has 7 aromatic rings. The van der Waals surface area contributed by atoms with Gasteiger partial charge in [-0.3, -0.25) is 0 Å². The molecule has 0 saturated heterocycles. The smallest absolute Gasteiger partial charge is 0.0492 e. The molecular weight excluding hydrogens is 805 g/mol. The predicted octanol–water partition coefficient (Wildman–Crippen LogP) is 14.2. The summed E-state index contributed by atoms with van der Waals surface area (Å²) in [4.78, 5) is 13.7. The molecule has 0 unspecified atom stereocenters. The van der Waals surface area contributed by atoms with Crippen LogP contribution in [0.1, 0.15) is 60.1 Å². The largest absolute Gasteiger partial charge is 0.378 e. The minimum atomic E-state index is 0.847. The van der Waals surface area contributed by atoms with E-state index in [0.717, 1.165) is 93.2 Å². The van der Waals surface area contributed by atoms with Gasteiger partial charge in [0.2, 0.25) is 0 Å². The van der Waals surface area contributed by atoms with Crippen LogP contribution in [0.2, 0.25) is 0 Å². The molecule has 0 aliphatic carbocycles. The fourth-order valence-electron chi connectivity index (χ4n) is 8.48. The van der Waals surface area contributed by atoms with Crippen molar-refractivity contribution in [3.8, 4) is 0 Å². The molecule has 0 radical (unpaired) electrons. The maximum Gasteiger partial charge on any atom is 0.0492 e. The first-order chi connectivity index (χ1) is 31.9. The summed E-state index contributed by atoms with van der Waals surface area (Å²) in [5, 5.41) is 0. The summed E-state index contributed by atoms with van der Waals surface area (Å²) in [5.74, 6) is 0. The number of rotatable bonds is 18. The zero-order chi connectivity index (χ0) is 46.7. The Morgan fingerprint density at radius 1 is 0.333 bits per heavy atom. The first-order valence-corrected chi connectivity index (χ1v) is 23.3. The third-order valence-electron chi connectivity index (χ3n) is 12.2. The number of nitrogens with zero attached hydrogens (tertiary/aromatic N) is 6. The lowest BCUT2D eigenvalue weighted by Gasteiger charge is -2.31. The van der Waals surface area contributed by atoms with Crippen LogP contribution in [0.15, 0.2) is 170 Å². The second kappa shape index (κ2) is 21.7. The molecule has 0 N–H and O–H groups in total. The molecule has 0 heterocycles. The lowest BCUT2D eigenvalue weighted by atomic mass is 9.91. The SMILES string of the molecule is CCCN(c1ccccc1)c1cc(C=C(c2ccc(N(C)C)cc2)c2ccc(N(C)C)cc2)c(N(CCC)c2ccccc2)cc1C=C(c1ccc(N(C)C)cc1)c1ccc(N(C)C)cc1. The highest BCUT2D eigenvalue weighted by molar-refractivity contribution is 5.99. The van der Waals surface area contributed by atoms with Gasteiger partial charge in [0.05, 0.1) is 0 Å². The zero-order valence-electron chi connectivity index (χ0n) is 40.8. The summed E-state index contributed by atoms with van der Waals surface area (Å²) in [6.45, 7) is 6.24. The number of anilines is 8. The van der Waals surface area contributed by atoms with Gasteiger partial charge in [0, 0.05) is 126 Å². The zero-order valence-corrected chi connectivity index (χ0v) is 40.8. The van der Waals surface area contributed by atoms with Crippen molar-refractivity contribution in [3.63, 3.8) is 0 Å². The molecule has 0 amide bonds. The number of benzene rings is 7. The first-order valence-electron chi connectivity index (χ1n) is 23.3. The second-order valence-electron chi connectivity index (χ2n) is 17.8. The van der Waals surface area contributed by atoms with Crippen molar-refractivity contribution in [1.29, 1.82) is 0 Å². The Kier molecular flexibility index (Phi) is 15.4. The fraction of sp³-hybridized carbons (Fsp3) is 0.233. The lowest BCUT2D eigenvalue weighted by Crippen LogP contribution is -2.22. The highest BCUT2D eigenvalue weighted by atomic mass is 15.2. The van der Waals surface area contributed by atoms with Gasteiger partial charge in [-0.1, -0.05) is 98.8 Å². The van der Waals surface area contributed by atoms with E-state index in [9.17, 15) is 0 Å². The van der Waals surface area contributed by atoms with E-state index in [-0.39, 0.29) is 0 Å². The monoisotopic (exact) mass is 873 g/mol. The van der Waals surface area contributed by atoms with Crippen LogP contribution in [-0.2, 0) is 0 Å². The van der Waals surface area contributed by atoms with Crippen LogP contribution in [0.25, 0.3) is 23.3 Å². The number of hydrogen-bond acceptors (Lipinski definition) is 6. The third-order valence-corrected chi connectivity index (χ3v) is 12.2. The molecule has 0 aromatic heterocycles. The van der Waals surface area contributed by atoms with Crippen molar-refractivity contribution < 1.29 is 0 Å². The second-order valence-corrected chi connectivity index (χ2v) is 17.8. The van der Waals surface area contributed by atoms with Gasteiger partial charge < -0.3 is 29.4 Å². The van der Waals surface area contributed by atoms with Crippen molar-refractivity contribution in [2.24, 2.45) is 0 Å². The predicted molar refractivity (Wildman–Crippen MR) is 291 cm³/mol. The quantitative estimate of drug-likeness (QED) is 0.0795. The topological polar surface area (TPSA) is 19.4 Å². The summed E-state index contributed by atoms with van der Waals surface area (Å²) in [5.41, 5.74) is 18.6. The highest BCUT2D eigenvalue weighted by Gasteiger charge is 2.22. The van der Waals surface area contributed by atoms with E-state index in [0.29, 0.717) is 0 Å². The Labute approximate surface area is 396 Å². The summed E-state index contributed by atoms with van der Waals surface area (Å²) < 4.78 is 0. The van der Waals surface area contributed by atoms with E-state index < -0.39 is 0 Å². The highest BCUT2D eigenvalue weighted by Crippen LogP contribution is 2.42. The van der Waals surface area contributed by atoms with Crippen molar-refractivity contribution in [1.82, 2.24) is 0 Å². The molecule has 0 aliphatic rings. The lowest BCUT2D eigenvalue weighted by molar-refractivity contribution is 0.878. The van der Waals surface area contributed by atoms with Gasteiger partial charge in [0.25, 0.3) is 0 Å². The summed E-state index contributed by atoms with van der Waals surface area (Å²) in [7, 11) is 16.8. The molecule has 0 saturated carbocycles. The van der Waals surface area contributed by atoms with Crippen LogP contribution >= 0.6 is 0 Å². The van der Waals surface area contributed by atoms with Crippen molar-refractivity contribution in [2.45, 2.75) is 26.7 Å². The molecule has 0 spiro atoms. The Hall–Kier alpha value is -7.18. The molecule has 7 rings (SSSR count). The van der Waals surface area contributed by atoms with Crippen LogP contribution in [0.5, 0.6) is 0 Å². The summed E-state index contributed by atoms with van der Waals surface area (Å²) >= 11 is 0. The average Bonchev–Trinajstić information content (AvgIpc) is 3.34. The fourth-order valence-corrected chi connectivity index (χ4v) is 8.48. The van der Waals surface area contributed by atoms with Gasteiger partial charge in [-0.25, -0.2) is 0 Å². The Morgan fingerprint density at radius 3 is 0.818 bits per heavy atom. The molecule has 338 valence electrons. The summed E-state index contributed by atoms with van der Waals surface area (Å²) in [6.07, 6.45) is 6.82. The van der Waals surface area contributed by atoms with E-state index >= 15 is 0 Å². The van der Waals surface area contributed by atoms with Gasteiger partial charge in [0.15, 0.2) is 0 Å². The standard InChI is InChI=1S/C60H68N6/c1-11-39-65(55-19-15-13-16-20-55)59-43-50(42-58(47-27-35-53(36-28-47)63(7)8)48-29-37-54(38-30-48)64(9)10)60(66(40-12-2)56-21-17-14-18-22-56)44-49(59)41-57(45-23-31-51(32-24-45)61(3)4)46-25-33-52(34-26-46)62(5)6/h13-38,41-44H,11-12,39-40H2,1-10H3. The molecule has 66 heavy (non-hydrogen) atoms. The van der Waals surface area contributed by atoms with Gasteiger partial charge in [-0.2, -0.15) is 0 Å². The molecular formula is C60H68N6. The summed E-state index contributed by atoms with van der Waals surface area (Å²) in [6, 6.07) is 62.6. The van der Waals surface area contributed by atoms with Crippen LogP contribution in [0.4, 0.5) is 45.5 Å². The maximum absolute atomic E-state index is 2.51. The Balaban J connectivity index is 1.60. The Bertz CT molecular complexity index is 2380. The molecule has 6 heteroatoms. The average molecular weight is 873 g/mol. The van der Waals surface area contributed by atoms with E-state index in [2.05, 4.69) is 282 Å². The van der Waals surface area contributed by atoms with Gasteiger partial charge in [-0.15, -0.1) is 0 Å². The first kappa shape index (κ1) is 46.8. The van der Waals surface area contributed by atoms with Crippen molar-refractivity contribution in [3.05, 3.63) is 203 Å². The van der Waals surface area contributed by atoms with E-state index in [1.165, 1.54) is 22.7 Å². The maximum atomic E-state index is 2.51. The molecule has 0 aliphatic heterocycles. The van der Waals surface area contributed by atoms with E-state index in [1.54, 1.807) is 0 Å². The Morgan fingerprint density at radius 2 is 0.591 bits per heavy atom. The van der Waals surface area contributed by atoms with Crippen LogP contribution in [0.3, 0.4) is 0 Å². The van der Waals surface area contributed by atoms with Gasteiger partial charge in [-0.05, 0) is 143 Å². The van der Waals surface area contributed by atoms with E-state index in [1.807, 2.05) is 0 Å².